The van der Waals surface area contributed by atoms with Crippen molar-refractivity contribution >= 4 is 75.4 Å². The Balaban J connectivity index is 0.909. The SMILES string of the molecule is [2H]c1c([2H])c([2H])c(-c2ccc3c(c2)c(-c2cccc(-c4ccc5ccc6c(-c7cccc(-c8cc9ccccc9c9ccc(-c%10c([2H])c([2H])c([2H])c([2H])c%10[2H])cc89)c7)ccc7ccc4c5c76)c2)cc2ccccc23)c([2H])c1[2H]. The van der Waals surface area contributed by atoms with Gasteiger partial charge in [0.15, 0.2) is 0 Å². The first-order chi connectivity index (χ1) is 37.8. The fourth-order valence-corrected chi connectivity index (χ4v) is 10.8. The molecule has 68 heavy (non-hydrogen) atoms. The molecule has 0 aliphatic carbocycles. The highest BCUT2D eigenvalue weighted by Crippen LogP contribution is 2.45. The van der Waals surface area contributed by atoms with Gasteiger partial charge in [0, 0.05) is 0 Å². The second-order valence-electron chi connectivity index (χ2n) is 17.6. The van der Waals surface area contributed by atoms with Gasteiger partial charge in [0.25, 0.3) is 0 Å². The highest BCUT2D eigenvalue weighted by molar-refractivity contribution is 6.28. The van der Waals surface area contributed by atoms with Crippen LogP contribution in [0.5, 0.6) is 0 Å². The van der Waals surface area contributed by atoms with Crippen LogP contribution >= 0.6 is 0 Å². The van der Waals surface area contributed by atoms with Crippen molar-refractivity contribution in [2.24, 2.45) is 0 Å². The summed E-state index contributed by atoms with van der Waals surface area (Å²) in [6, 6.07) is 64.2. The van der Waals surface area contributed by atoms with E-state index in [1.165, 1.54) is 10.8 Å². The van der Waals surface area contributed by atoms with Gasteiger partial charge in [-0.15, -0.1) is 0 Å². The zero-order valence-electron chi connectivity index (χ0n) is 46.5. The van der Waals surface area contributed by atoms with E-state index in [9.17, 15) is 0 Å². The van der Waals surface area contributed by atoms with E-state index in [0.717, 1.165) is 109 Å². The molecule has 0 amide bonds. The van der Waals surface area contributed by atoms with Crippen molar-refractivity contribution in [3.8, 4) is 66.8 Å². The van der Waals surface area contributed by atoms with Crippen LogP contribution in [0.4, 0.5) is 0 Å². The molecule has 0 bridgehead atoms. The molecule has 0 N–H and O–H groups in total. The summed E-state index contributed by atoms with van der Waals surface area (Å²) in [6.45, 7) is 0. The zero-order valence-corrected chi connectivity index (χ0v) is 36.5. The van der Waals surface area contributed by atoms with Crippen LogP contribution in [-0.4, -0.2) is 0 Å². The summed E-state index contributed by atoms with van der Waals surface area (Å²) in [7, 11) is 0. The predicted octanol–water partition coefficient (Wildman–Crippen LogP) is 19.2. The van der Waals surface area contributed by atoms with E-state index in [4.69, 9.17) is 13.7 Å². The number of fused-ring (bicyclic) bond motifs is 6. The van der Waals surface area contributed by atoms with Crippen molar-refractivity contribution in [2.45, 2.75) is 0 Å². The van der Waals surface area contributed by atoms with Gasteiger partial charge in [-0.05, 0) is 179 Å². The van der Waals surface area contributed by atoms with Gasteiger partial charge < -0.3 is 0 Å². The van der Waals surface area contributed by atoms with Gasteiger partial charge in [0.2, 0.25) is 0 Å². The fourth-order valence-electron chi connectivity index (χ4n) is 10.8. The maximum Gasteiger partial charge on any atom is 0.0629 e. The van der Waals surface area contributed by atoms with Gasteiger partial charge in [0.1, 0.15) is 0 Å². The molecule has 0 saturated carbocycles. The average Bonchev–Trinajstić information content (AvgIpc) is 3.68. The number of rotatable bonds is 6. The second-order valence-corrected chi connectivity index (χ2v) is 17.6. The lowest BCUT2D eigenvalue weighted by Crippen LogP contribution is -1.91. The van der Waals surface area contributed by atoms with Crippen LogP contribution in [0.3, 0.4) is 0 Å². The molecule has 0 nitrogen and oxygen atoms in total. The van der Waals surface area contributed by atoms with E-state index in [-0.39, 0.29) is 59.5 Å². The van der Waals surface area contributed by atoms with Crippen molar-refractivity contribution < 1.29 is 13.7 Å². The molecule has 14 aromatic rings. The molecule has 0 unspecified atom stereocenters. The first-order valence-corrected chi connectivity index (χ1v) is 22.8. The molecule has 314 valence electrons. The van der Waals surface area contributed by atoms with Gasteiger partial charge in [-0.3, -0.25) is 0 Å². The summed E-state index contributed by atoms with van der Waals surface area (Å²) in [5.41, 5.74) is 9.61. The topological polar surface area (TPSA) is 0 Å². The molecule has 14 aromatic carbocycles. The molecule has 14 rings (SSSR count). The lowest BCUT2D eigenvalue weighted by atomic mass is 9.86. The second kappa shape index (κ2) is 15.4. The quantitative estimate of drug-likeness (QED) is 0.146. The van der Waals surface area contributed by atoms with E-state index in [2.05, 4.69) is 133 Å². The standard InChI is InChI=1S/C68H42/c1-3-13-43(14-4-1)47-29-33-59-55-23-9-7-17-53(55)41-63(65(59)39-47)51-21-11-19-49(37-51)57-31-25-45-28-36-62-58(32-26-46-27-35-61(57)67(45)68(46)62)50-20-12-22-52(38-50)64-42-54-18-8-10-24-56(54)60-34-30-48(40-66(60)64)44-15-5-2-6-16-44/h1-42H/i1D,2D,3D,4D,5D,6D,13D,14D,15D,16D. The number of benzene rings is 14. The van der Waals surface area contributed by atoms with Crippen LogP contribution in [0, 0.1) is 0 Å². The Kier molecular flexibility index (Phi) is 6.70. The summed E-state index contributed by atoms with van der Waals surface area (Å²) in [5, 5.41) is 14.9. The predicted molar refractivity (Wildman–Crippen MR) is 293 cm³/mol. The van der Waals surface area contributed by atoms with Gasteiger partial charge >= 0.3 is 0 Å². The number of hydrogen-bond donors (Lipinski definition) is 0. The molecule has 0 heterocycles. The van der Waals surface area contributed by atoms with E-state index >= 15 is 0 Å². The van der Waals surface area contributed by atoms with E-state index < -0.39 is 12.1 Å². The van der Waals surface area contributed by atoms with Crippen LogP contribution in [0.25, 0.3) is 142 Å². The third kappa shape index (κ3) is 6.15. The molecule has 0 atom stereocenters. The first-order valence-electron chi connectivity index (χ1n) is 27.8. The molecular weight excluding hydrogens is 817 g/mol. The first kappa shape index (κ1) is 29.6. The van der Waals surface area contributed by atoms with E-state index in [1.807, 2.05) is 60.7 Å². The van der Waals surface area contributed by atoms with Gasteiger partial charge in [-0.1, -0.05) is 218 Å². The van der Waals surface area contributed by atoms with Crippen LogP contribution in [0.1, 0.15) is 13.7 Å². The third-order valence-corrected chi connectivity index (χ3v) is 13.9. The molecule has 0 spiro atoms. The highest BCUT2D eigenvalue weighted by atomic mass is 14.2. The van der Waals surface area contributed by atoms with Gasteiger partial charge in [-0.25, -0.2) is 0 Å². The Hall–Kier alpha value is -8.84. The summed E-state index contributed by atoms with van der Waals surface area (Å²) in [6.07, 6.45) is 0. The Morgan fingerprint density at radius 1 is 0.206 bits per heavy atom. The van der Waals surface area contributed by atoms with Crippen LogP contribution in [-0.2, 0) is 0 Å². The smallest absolute Gasteiger partial charge is 0.0622 e. The minimum absolute atomic E-state index is 0.172. The van der Waals surface area contributed by atoms with Crippen molar-refractivity contribution in [2.75, 3.05) is 0 Å². The maximum atomic E-state index is 8.80. The lowest BCUT2D eigenvalue weighted by Gasteiger charge is -2.18. The molecule has 0 saturated heterocycles. The largest absolute Gasteiger partial charge is 0.0629 e. The maximum absolute atomic E-state index is 8.80. The van der Waals surface area contributed by atoms with Crippen molar-refractivity contribution in [1.82, 2.24) is 0 Å². The summed E-state index contributed by atoms with van der Waals surface area (Å²) in [4.78, 5) is 0. The Morgan fingerprint density at radius 3 is 1.06 bits per heavy atom. The summed E-state index contributed by atoms with van der Waals surface area (Å²) in [5.74, 6) is 0. The molecular formula is C68H42. The third-order valence-electron chi connectivity index (χ3n) is 13.9. The molecule has 0 fully saturated rings. The Morgan fingerprint density at radius 2 is 0.603 bits per heavy atom. The van der Waals surface area contributed by atoms with Gasteiger partial charge in [-0.2, -0.15) is 0 Å². The van der Waals surface area contributed by atoms with E-state index in [1.54, 1.807) is 0 Å². The average molecular weight is 869 g/mol. The van der Waals surface area contributed by atoms with Crippen molar-refractivity contribution in [3.63, 3.8) is 0 Å². The molecule has 0 aliphatic rings. The van der Waals surface area contributed by atoms with Crippen LogP contribution in [0.15, 0.2) is 255 Å². The monoisotopic (exact) mass is 868 g/mol. The molecule has 0 aliphatic heterocycles. The normalized spacial score (nSPS) is 13.9. The minimum Gasteiger partial charge on any atom is -0.0622 e. The van der Waals surface area contributed by atoms with Crippen LogP contribution in [0.2, 0.25) is 0 Å². The van der Waals surface area contributed by atoms with Crippen LogP contribution < -0.4 is 0 Å². The zero-order chi connectivity index (χ0) is 53.4. The minimum atomic E-state index is -0.418. The van der Waals surface area contributed by atoms with Crippen molar-refractivity contribution in [1.29, 1.82) is 0 Å². The van der Waals surface area contributed by atoms with Gasteiger partial charge in [0.05, 0.1) is 13.7 Å². The lowest BCUT2D eigenvalue weighted by molar-refractivity contribution is 1.62. The summed E-state index contributed by atoms with van der Waals surface area (Å²) < 4.78 is 85.3. The van der Waals surface area contributed by atoms with Crippen molar-refractivity contribution in [3.05, 3.63) is 255 Å². The molecule has 0 aromatic heterocycles. The van der Waals surface area contributed by atoms with E-state index in [0.29, 0.717) is 11.1 Å². The fraction of sp³-hybridized carbons (Fsp3) is 0. The summed E-state index contributed by atoms with van der Waals surface area (Å²) >= 11 is 0. The number of hydrogen-bond acceptors (Lipinski definition) is 0. The molecule has 0 radical (unpaired) electrons. The molecule has 0 heteroatoms. The Bertz CT molecular complexity index is 4560. The Labute approximate surface area is 409 Å². The highest BCUT2D eigenvalue weighted by Gasteiger charge is 2.18.